The highest BCUT2D eigenvalue weighted by atomic mass is 16.5. The Balaban J connectivity index is 0.000000327. The molecular weight excluding hydrogens is 244 g/mol. The molecule has 0 aliphatic heterocycles. The summed E-state index contributed by atoms with van der Waals surface area (Å²) in [6.45, 7) is 1.73. The lowest BCUT2D eigenvalue weighted by molar-refractivity contribution is -0.0182. The van der Waals surface area contributed by atoms with Crippen LogP contribution in [0.1, 0.15) is 12.8 Å². The van der Waals surface area contributed by atoms with Gasteiger partial charge in [0.2, 0.25) is 0 Å². The van der Waals surface area contributed by atoms with Crippen molar-refractivity contribution in [2.75, 3.05) is 39.6 Å². The Hall–Kier alpha value is -0.280. The molecule has 0 radical (unpaired) electrons. The van der Waals surface area contributed by atoms with Gasteiger partial charge in [0, 0.05) is 0 Å². The molecule has 0 aromatic heterocycles. The number of hydrogen-bond donors (Lipinski definition) is 5. The number of ether oxygens (including phenoxy) is 2. The van der Waals surface area contributed by atoms with Crippen LogP contribution in [0.5, 0.6) is 0 Å². The minimum Gasteiger partial charge on any atom is -0.394 e. The van der Waals surface area contributed by atoms with Gasteiger partial charge >= 0.3 is 0 Å². The molecule has 0 aromatic rings. The lowest BCUT2D eigenvalue weighted by atomic mass is 10.2. The second kappa shape index (κ2) is 11.8. The maximum absolute atomic E-state index is 8.77. The van der Waals surface area contributed by atoms with Crippen molar-refractivity contribution < 1.29 is 35.0 Å². The lowest BCUT2D eigenvalue weighted by Gasteiger charge is -2.08. The topological polar surface area (TPSA) is 120 Å². The minimum atomic E-state index is -0.907. The largest absolute Gasteiger partial charge is 0.394 e. The molecule has 1 aliphatic carbocycles. The first-order valence-electron chi connectivity index (χ1n) is 6.04. The van der Waals surface area contributed by atoms with Crippen LogP contribution in [0.2, 0.25) is 0 Å². The van der Waals surface area contributed by atoms with E-state index in [2.05, 4.69) is 0 Å². The van der Waals surface area contributed by atoms with Gasteiger partial charge in [-0.15, -0.1) is 0 Å². The minimum absolute atomic E-state index is 0.0417. The predicted octanol–water partition coefficient (Wildman–Crippen LogP) is -2.13. The number of hydrogen-bond acceptors (Lipinski definition) is 7. The highest BCUT2D eigenvalue weighted by molar-refractivity contribution is 4.83. The van der Waals surface area contributed by atoms with Gasteiger partial charge in [-0.05, 0) is 12.8 Å². The molecule has 1 rings (SSSR count). The van der Waals surface area contributed by atoms with Gasteiger partial charge in [-0.3, -0.25) is 0 Å². The van der Waals surface area contributed by atoms with Crippen molar-refractivity contribution in [3.8, 4) is 0 Å². The average molecular weight is 268 g/mol. The van der Waals surface area contributed by atoms with Gasteiger partial charge in [0.1, 0.15) is 6.10 Å². The van der Waals surface area contributed by atoms with Crippen LogP contribution in [0.15, 0.2) is 0 Å². The van der Waals surface area contributed by atoms with E-state index in [-0.39, 0.29) is 13.2 Å². The molecule has 0 bridgehead atoms. The first-order chi connectivity index (χ1) is 8.63. The van der Waals surface area contributed by atoms with Crippen molar-refractivity contribution in [1.29, 1.82) is 0 Å². The van der Waals surface area contributed by atoms with Crippen LogP contribution in [-0.4, -0.2) is 83.5 Å². The Kier molecular flexibility index (Phi) is 11.6. The van der Waals surface area contributed by atoms with Gasteiger partial charge in [-0.25, -0.2) is 0 Å². The zero-order valence-corrected chi connectivity index (χ0v) is 10.4. The SMILES string of the molecule is OC1CCC(O)C1O.OCCOCCOCCO. The summed E-state index contributed by atoms with van der Waals surface area (Å²) in [6.07, 6.45) is -1.28. The summed E-state index contributed by atoms with van der Waals surface area (Å²) in [5.74, 6) is 0. The molecule has 7 heteroatoms. The Morgan fingerprint density at radius 2 is 1.11 bits per heavy atom. The van der Waals surface area contributed by atoms with E-state index in [1.54, 1.807) is 0 Å². The van der Waals surface area contributed by atoms with E-state index in [1.165, 1.54) is 0 Å². The van der Waals surface area contributed by atoms with Crippen molar-refractivity contribution >= 4 is 0 Å². The van der Waals surface area contributed by atoms with E-state index in [0.717, 1.165) is 0 Å². The molecule has 18 heavy (non-hydrogen) atoms. The molecule has 0 spiro atoms. The summed E-state index contributed by atoms with van der Waals surface area (Å²) in [5, 5.41) is 42.8. The number of aliphatic hydroxyl groups is 5. The van der Waals surface area contributed by atoms with Crippen molar-refractivity contribution in [1.82, 2.24) is 0 Å². The summed E-state index contributed by atoms with van der Waals surface area (Å²) in [7, 11) is 0. The molecule has 0 saturated heterocycles. The second-order valence-corrected chi connectivity index (χ2v) is 3.87. The van der Waals surface area contributed by atoms with E-state index in [1.807, 2.05) is 0 Å². The molecule has 1 saturated carbocycles. The van der Waals surface area contributed by atoms with E-state index < -0.39 is 18.3 Å². The Bertz CT molecular complexity index is 161. The number of rotatable bonds is 7. The third-order valence-corrected chi connectivity index (χ3v) is 2.39. The van der Waals surface area contributed by atoms with Gasteiger partial charge in [0.15, 0.2) is 0 Å². The van der Waals surface area contributed by atoms with E-state index in [0.29, 0.717) is 39.3 Å². The first-order valence-corrected chi connectivity index (χ1v) is 6.04. The van der Waals surface area contributed by atoms with Gasteiger partial charge in [0.25, 0.3) is 0 Å². The van der Waals surface area contributed by atoms with Crippen molar-refractivity contribution in [2.24, 2.45) is 0 Å². The quantitative estimate of drug-likeness (QED) is 0.334. The predicted molar refractivity (Wildman–Crippen MR) is 63.1 cm³/mol. The van der Waals surface area contributed by atoms with Crippen LogP contribution in [0.4, 0.5) is 0 Å². The molecule has 110 valence electrons. The highest BCUT2D eigenvalue weighted by Gasteiger charge is 2.31. The summed E-state index contributed by atoms with van der Waals surface area (Å²) >= 11 is 0. The Morgan fingerprint density at radius 1 is 0.722 bits per heavy atom. The maximum atomic E-state index is 8.77. The van der Waals surface area contributed by atoms with Crippen molar-refractivity contribution in [3.05, 3.63) is 0 Å². The molecule has 1 aliphatic rings. The summed E-state index contributed by atoms with van der Waals surface area (Å²) in [6, 6.07) is 0. The zero-order valence-electron chi connectivity index (χ0n) is 10.4. The standard InChI is InChI=1S/C6H14O4.C5H10O3/c7-1-3-9-5-6-10-4-2-8;6-3-1-2-4(7)5(3)8/h7-8H,1-6H2;3-8H,1-2H2. The monoisotopic (exact) mass is 268 g/mol. The van der Waals surface area contributed by atoms with Crippen LogP contribution in [0, 0.1) is 0 Å². The smallest absolute Gasteiger partial charge is 0.106 e. The second-order valence-electron chi connectivity index (χ2n) is 3.87. The molecule has 2 atom stereocenters. The van der Waals surface area contributed by atoms with Crippen LogP contribution in [0.25, 0.3) is 0 Å². The summed E-state index contributed by atoms with van der Waals surface area (Å²) in [4.78, 5) is 0. The molecule has 0 aromatic carbocycles. The Morgan fingerprint density at radius 3 is 1.33 bits per heavy atom. The van der Waals surface area contributed by atoms with Crippen LogP contribution in [0.3, 0.4) is 0 Å². The summed E-state index contributed by atoms with van der Waals surface area (Å²) < 4.78 is 9.75. The normalized spacial score (nSPS) is 26.8. The molecule has 7 nitrogen and oxygen atoms in total. The van der Waals surface area contributed by atoms with E-state index in [9.17, 15) is 0 Å². The fourth-order valence-corrected chi connectivity index (χ4v) is 1.39. The van der Waals surface area contributed by atoms with E-state index in [4.69, 9.17) is 35.0 Å². The van der Waals surface area contributed by atoms with Crippen molar-refractivity contribution in [3.63, 3.8) is 0 Å². The molecular formula is C11H24O7. The molecule has 5 N–H and O–H groups in total. The zero-order chi connectivity index (χ0) is 13.8. The summed E-state index contributed by atoms with van der Waals surface area (Å²) in [5.41, 5.74) is 0. The van der Waals surface area contributed by atoms with E-state index >= 15 is 0 Å². The lowest BCUT2D eigenvalue weighted by Crippen LogP contribution is -2.28. The molecule has 1 fully saturated rings. The average Bonchev–Trinajstić information content (AvgIpc) is 2.66. The third kappa shape index (κ3) is 8.76. The molecule has 2 unspecified atom stereocenters. The van der Waals surface area contributed by atoms with Crippen LogP contribution >= 0.6 is 0 Å². The first kappa shape index (κ1) is 17.7. The van der Waals surface area contributed by atoms with Crippen LogP contribution < -0.4 is 0 Å². The van der Waals surface area contributed by atoms with Crippen LogP contribution in [-0.2, 0) is 9.47 Å². The molecule has 0 heterocycles. The van der Waals surface area contributed by atoms with Gasteiger partial charge in [-0.1, -0.05) is 0 Å². The van der Waals surface area contributed by atoms with Gasteiger partial charge in [0.05, 0.1) is 51.8 Å². The van der Waals surface area contributed by atoms with Gasteiger partial charge < -0.3 is 35.0 Å². The maximum Gasteiger partial charge on any atom is 0.106 e. The third-order valence-electron chi connectivity index (χ3n) is 2.39. The number of aliphatic hydroxyl groups excluding tert-OH is 5. The van der Waals surface area contributed by atoms with Gasteiger partial charge in [-0.2, -0.15) is 0 Å². The fourth-order valence-electron chi connectivity index (χ4n) is 1.39. The fraction of sp³-hybridized carbons (Fsp3) is 1.00. The molecule has 0 amide bonds. The highest BCUT2D eigenvalue weighted by Crippen LogP contribution is 2.18. The van der Waals surface area contributed by atoms with Crippen molar-refractivity contribution in [2.45, 2.75) is 31.2 Å². The Labute approximate surface area is 107 Å².